The van der Waals surface area contributed by atoms with Crippen LogP contribution in [0.4, 0.5) is 5.69 Å². The molecule has 1 aliphatic carbocycles. The number of anilines is 1. The summed E-state index contributed by atoms with van der Waals surface area (Å²) in [6.07, 6.45) is 5.41. The molecule has 1 aromatic carbocycles. The Morgan fingerprint density at radius 3 is 2.76 bits per heavy atom. The first-order valence-corrected chi connectivity index (χ1v) is 8.36. The molecule has 1 heterocycles. The minimum Gasteiger partial charge on any atom is -0.377 e. The summed E-state index contributed by atoms with van der Waals surface area (Å²) in [4.78, 5) is 4.50. The Kier molecular flexibility index (Phi) is 3.69. The highest BCUT2D eigenvalue weighted by molar-refractivity contribution is 7.89. The molecular formula is C14H18N4O2S. The number of rotatable bonds is 6. The monoisotopic (exact) mass is 306 g/mol. The third kappa shape index (κ3) is 3.25. The number of sulfonamides is 1. The molecule has 0 bridgehead atoms. The van der Waals surface area contributed by atoms with Crippen molar-refractivity contribution in [3.8, 4) is 0 Å². The molecule has 1 saturated carbocycles. The molecule has 0 spiro atoms. The summed E-state index contributed by atoms with van der Waals surface area (Å²) in [5.41, 5.74) is 0.591. The van der Waals surface area contributed by atoms with Crippen LogP contribution in [0.2, 0.25) is 0 Å². The Morgan fingerprint density at radius 1 is 1.33 bits per heavy atom. The highest BCUT2D eigenvalue weighted by Gasteiger charge is 2.29. The Hall–Kier alpha value is -1.86. The first-order chi connectivity index (χ1) is 10.1. The van der Waals surface area contributed by atoms with Gasteiger partial charge >= 0.3 is 0 Å². The molecule has 2 N–H and O–H groups in total. The number of hydrogen-bond acceptors (Lipinski definition) is 4. The van der Waals surface area contributed by atoms with Crippen molar-refractivity contribution in [1.29, 1.82) is 0 Å². The summed E-state index contributed by atoms with van der Waals surface area (Å²) in [5, 5.41) is 3.15. The van der Waals surface area contributed by atoms with Crippen molar-refractivity contribution in [3.63, 3.8) is 0 Å². The number of para-hydroxylation sites is 1. The molecule has 0 saturated heterocycles. The zero-order valence-electron chi connectivity index (χ0n) is 11.8. The molecule has 7 heteroatoms. The summed E-state index contributed by atoms with van der Waals surface area (Å²) in [6, 6.07) is 7.03. The van der Waals surface area contributed by atoms with Gasteiger partial charge in [0.05, 0.1) is 12.2 Å². The molecule has 6 nitrogen and oxygen atoms in total. The molecule has 0 atom stereocenters. The number of imidazole rings is 1. The van der Waals surface area contributed by atoms with Crippen LogP contribution < -0.4 is 10.0 Å². The molecule has 21 heavy (non-hydrogen) atoms. The number of benzene rings is 1. The van der Waals surface area contributed by atoms with Crippen LogP contribution in [0.5, 0.6) is 0 Å². The van der Waals surface area contributed by atoms with Gasteiger partial charge in [-0.25, -0.2) is 18.1 Å². The van der Waals surface area contributed by atoms with E-state index in [0.717, 1.165) is 18.7 Å². The number of nitrogens with zero attached hydrogens (tertiary/aromatic N) is 2. The molecule has 3 rings (SSSR count). The second-order valence-electron chi connectivity index (χ2n) is 5.20. The molecule has 112 valence electrons. The van der Waals surface area contributed by atoms with Crippen LogP contribution in [0.1, 0.15) is 18.7 Å². The van der Waals surface area contributed by atoms with Crippen molar-refractivity contribution in [2.24, 2.45) is 7.05 Å². The highest BCUT2D eigenvalue weighted by Crippen LogP contribution is 2.26. The van der Waals surface area contributed by atoms with E-state index in [0.29, 0.717) is 12.2 Å². The molecule has 0 radical (unpaired) electrons. The minimum atomic E-state index is -3.47. The van der Waals surface area contributed by atoms with Gasteiger partial charge in [0.1, 0.15) is 10.7 Å². The van der Waals surface area contributed by atoms with Crippen LogP contribution in [0.15, 0.2) is 41.6 Å². The maximum atomic E-state index is 12.4. The van der Waals surface area contributed by atoms with E-state index in [4.69, 9.17) is 0 Å². The molecule has 0 unspecified atom stereocenters. The van der Waals surface area contributed by atoms with E-state index in [9.17, 15) is 8.42 Å². The molecule has 1 aromatic heterocycles. The normalized spacial score (nSPS) is 15.1. The summed E-state index contributed by atoms with van der Waals surface area (Å²) >= 11 is 0. The maximum Gasteiger partial charge on any atom is 0.242 e. The van der Waals surface area contributed by atoms with E-state index < -0.39 is 10.0 Å². The van der Waals surface area contributed by atoms with Crippen molar-refractivity contribution in [2.75, 3.05) is 5.32 Å². The summed E-state index contributed by atoms with van der Waals surface area (Å²) in [6.45, 7) is 0.472. The van der Waals surface area contributed by atoms with Crippen LogP contribution in [-0.2, 0) is 23.6 Å². The number of hydrogen-bond donors (Lipinski definition) is 2. The Labute approximate surface area is 124 Å². The molecular weight excluding hydrogens is 288 g/mol. The van der Waals surface area contributed by atoms with E-state index in [1.165, 1.54) is 0 Å². The van der Waals surface area contributed by atoms with Gasteiger partial charge in [0.2, 0.25) is 10.0 Å². The first kappa shape index (κ1) is 14.1. The SMILES string of the molecule is Cn1ccnc1CNc1ccccc1S(=O)(=O)NC1CC1. The number of aryl methyl sites for hydroxylation is 1. The van der Waals surface area contributed by atoms with Crippen molar-refractivity contribution < 1.29 is 8.42 Å². The van der Waals surface area contributed by atoms with E-state index in [2.05, 4.69) is 15.0 Å². The van der Waals surface area contributed by atoms with Gasteiger partial charge in [-0.3, -0.25) is 0 Å². The second-order valence-corrected chi connectivity index (χ2v) is 6.88. The molecule has 0 aliphatic heterocycles. The average Bonchev–Trinajstić information content (AvgIpc) is 3.16. The molecule has 1 fully saturated rings. The third-order valence-electron chi connectivity index (χ3n) is 3.43. The zero-order chi connectivity index (χ0) is 14.9. The smallest absolute Gasteiger partial charge is 0.242 e. The van der Waals surface area contributed by atoms with Crippen molar-refractivity contribution in [2.45, 2.75) is 30.3 Å². The maximum absolute atomic E-state index is 12.4. The number of aromatic nitrogens is 2. The Bertz CT molecular complexity index is 735. The standard InChI is InChI=1S/C14H18N4O2S/c1-18-9-8-15-14(18)10-16-12-4-2-3-5-13(12)21(19,20)17-11-6-7-11/h2-5,8-9,11,16-17H,6-7,10H2,1H3. The quantitative estimate of drug-likeness (QED) is 0.847. The predicted molar refractivity (Wildman–Crippen MR) is 80.3 cm³/mol. The van der Waals surface area contributed by atoms with Gasteiger partial charge in [0.15, 0.2) is 0 Å². The van der Waals surface area contributed by atoms with Crippen LogP contribution >= 0.6 is 0 Å². The first-order valence-electron chi connectivity index (χ1n) is 6.88. The lowest BCUT2D eigenvalue weighted by Gasteiger charge is -2.13. The lowest BCUT2D eigenvalue weighted by molar-refractivity contribution is 0.581. The summed E-state index contributed by atoms with van der Waals surface area (Å²) in [7, 11) is -1.56. The fourth-order valence-electron chi connectivity index (χ4n) is 2.07. The van der Waals surface area contributed by atoms with Crippen LogP contribution in [0.25, 0.3) is 0 Å². The fraction of sp³-hybridized carbons (Fsp3) is 0.357. The van der Waals surface area contributed by atoms with Gasteiger partial charge in [-0.15, -0.1) is 0 Å². The molecule has 0 amide bonds. The van der Waals surface area contributed by atoms with E-state index in [1.54, 1.807) is 24.4 Å². The summed E-state index contributed by atoms with van der Waals surface area (Å²) in [5.74, 6) is 0.845. The van der Waals surface area contributed by atoms with Gasteiger partial charge in [-0.2, -0.15) is 0 Å². The van der Waals surface area contributed by atoms with Crippen LogP contribution in [-0.4, -0.2) is 24.0 Å². The Morgan fingerprint density at radius 2 is 2.10 bits per heavy atom. The zero-order valence-corrected chi connectivity index (χ0v) is 12.6. The largest absolute Gasteiger partial charge is 0.377 e. The van der Waals surface area contributed by atoms with E-state index >= 15 is 0 Å². The number of nitrogens with one attached hydrogen (secondary N) is 2. The fourth-order valence-corrected chi connectivity index (χ4v) is 3.56. The van der Waals surface area contributed by atoms with Crippen molar-refractivity contribution in [1.82, 2.24) is 14.3 Å². The summed E-state index contributed by atoms with van der Waals surface area (Å²) < 4.78 is 29.3. The third-order valence-corrected chi connectivity index (χ3v) is 5.01. The van der Waals surface area contributed by atoms with Crippen molar-refractivity contribution in [3.05, 3.63) is 42.5 Å². The van der Waals surface area contributed by atoms with E-state index in [1.807, 2.05) is 23.9 Å². The van der Waals surface area contributed by atoms with Gasteiger partial charge in [0, 0.05) is 25.5 Å². The van der Waals surface area contributed by atoms with Gasteiger partial charge in [-0.1, -0.05) is 12.1 Å². The average molecular weight is 306 g/mol. The Balaban J connectivity index is 1.80. The van der Waals surface area contributed by atoms with Gasteiger partial charge in [-0.05, 0) is 25.0 Å². The highest BCUT2D eigenvalue weighted by atomic mass is 32.2. The van der Waals surface area contributed by atoms with E-state index in [-0.39, 0.29) is 10.9 Å². The second kappa shape index (κ2) is 5.50. The van der Waals surface area contributed by atoms with Gasteiger partial charge < -0.3 is 9.88 Å². The van der Waals surface area contributed by atoms with Crippen LogP contribution in [0.3, 0.4) is 0 Å². The molecule has 1 aliphatic rings. The predicted octanol–water partition coefficient (Wildman–Crippen LogP) is 1.47. The molecule has 2 aromatic rings. The van der Waals surface area contributed by atoms with Crippen LogP contribution in [0, 0.1) is 0 Å². The topological polar surface area (TPSA) is 76.0 Å². The minimum absolute atomic E-state index is 0.0950. The lowest BCUT2D eigenvalue weighted by Crippen LogP contribution is -2.26. The van der Waals surface area contributed by atoms with Crippen molar-refractivity contribution >= 4 is 15.7 Å². The lowest BCUT2D eigenvalue weighted by atomic mass is 10.3. The van der Waals surface area contributed by atoms with Gasteiger partial charge in [0.25, 0.3) is 0 Å².